The molecular formula is C23H28Cl2N2O5S. The number of carbonyl (C=O) groups is 1. The van der Waals surface area contributed by atoms with E-state index in [1.54, 1.807) is 11.0 Å². The lowest BCUT2D eigenvalue weighted by Crippen LogP contribution is -2.35. The number of amides is 1. The maximum Gasteiger partial charge on any atom is 0.339 e. The molecule has 33 heavy (non-hydrogen) atoms. The van der Waals surface area contributed by atoms with Gasteiger partial charge in [-0.15, -0.1) is 0 Å². The summed E-state index contributed by atoms with van der Waals surface area (Å²) >= 11 is 12.0. The second kappa shape index (κ2) is 11.0. The number of carbonyl (C=O) groups excluding carboxylic acids is 1. The summed E-state index contributed by atoms with van der Waals surface area (Å²) in [6, 6.07) is 9.54. The summed E-state index contributed by atoms with van der Waals surface area (Å²) in [5, 5.41) is 0.361. The van der Waals surface area contributed by atoms with Crippen molar-refractivity contribution in [1.29, 1.82) is 0 Å². The molecule has 3 rings (SSSR count). The predicted molar refractivity (Wildman–Crippen MR) is 130 cm³/mol. The maximum atomic E-state index is 13.1. The fourth-order valence-electron chi connectivity index (χ4n) is 3.53. The van der Waals surface area contributed by atoms with Crippen molar-refractivity contribution < 1.29 is 22.1 Å². The zero-order valence-electron chi connectivity index (χ0n) is 18.9. The largest absolute Gasteiger partial charge is 0.379 e. The molecule has 1 saturated carbocycles. The second-order valence-corrected chi connectivity index (χ2v) is 10.1. The molecule has 1 fully saturated rings. The van der Waals surface area contributed by atoms with Crippen LogP contribution in [0.25, 0.3) is 0 Å². The number of hydrogen-bond acceptors (Lipinski definition) is 6. The lowest BCUT2D eigenvalue weighted by Gasteiger charge is -2.26. The monoisotopic (exact) mass is 514 g/mol. The molecule has 7 nitrogen and oxygen atoms in total. The Balaban J connectivity index is 1.99. The zero-order chi connectivity index (χ0) is 24.2. The molecule has 2 aromatic carbocycles. The van der Waals surface area contributed by atoms with Crippen LogP contribution in [0.1, 0.15) is 32.3 Å². The highest BCUT2D eigenvalue weighted by atomic mass is 35.5. The van der Waals surface area contributed by atoms with Gasteiger partial charge in [0.25, 0.3) is 0 Å². The fourth-order valence-corrected chi connectivity index (χ4v) is 4.88. The first-order chi connectivity index (χ1) is 15.7. The van der Waals surface area contributed by atoms with Crippen LogP contribution in [0.15, 0.2) is 41.3 Å². The van der Waals surface area contributed by atoms with Crippen LogP contribution in [0, 0.1) is 0 Å². The SMILES string of the molecule is CCN(CC)c1ccc(CN(C(=O)COC)C2CC2)c(OS(=O)(=O)c2ccc(Cl)c(Cl)c2)c1. The Morgan fingerprint density at radius 3 is 2.33 bits per heavy atom. The third kappa shape index (κ3) is 6.32. The van der Waals surface area contributed by atoms with Gasteiger partial charge >= 0.3 is 10.1 Å². The Bertz CT molecular complexity index is 1100. The molecule has 0 aliphatic heterocycles. The van der Waals surface area contributed by atoms with Gasteiger partial charge < -0.3 is 18.7 Å². The molecule has 0 aromatic heterocycles. The van der Waals surface area contributed by atoms with E-state index < -0.39 is 10.1 Å². The minimum absolute atomic E-state index is 0.0359. The minimum atomic E-state index is -4.19. The topological polar surface area (TPSA) is 76.2 Å². The van der Waals surface area contributed by atoms with E-state index in [0.717, 1.165) is 31.6 Å². The van der Waals surface area contributed by atoms with Crippen LogP contribution in [0.2, 0.25) is 10.0 Å². The fraction of sp³-hybridized carbons (Fsp3) is 0.435. The maximum absolute atomic E-state index is 13.1. The van der Waals surface area contributed by atoms with Crippen molar-refractivity contribution in [3.63, 3.8) is 0 Å². The molecule has 10 heteroatoms. The van der Waals surface area contributed by atoms with E-state index >= 15 is 0 Å². The number of rotatable bonds is 11. The molecule has 0 spiro atoms. The molecule has 0 radical (unpaired) electrons. The number of ether oxygens (including phenoxy) is 1. The van der Waals surface area contributed by atoms with Crippen LogP contribution < -0.4 is 9.08 Å². The highest BCUT2D eigenvalue weighted by Gasteiger charge is 2.33. The number of hydrogen-bond donors (Lipinski definition) is 0. The van der Waals surface area contributed by atoms with E-state index in [0.29, 0.717) is 5.56 Å². The van der Waals surface area contributed by atoms with Gasteiger partial charge in [-0.2, -0.15) is 8.42 Å². The first kappa shape index (κ1) is 25.6. The van der Waals surface area contributed by atoms with Gasteiger partial charge in [0.2, 0.25) is 5.91 Å². The van der Waals surface area contributed by atoms with Gasteiger partial charge in [0, 0.05) is 50.1 Å². The van der Waals surface area contributed by atoms with Crippen molar-refractivity contribution in [2.24, 2.45) is 0 Å². The molecule has 0 bridgehead atoms. The van der Waals surface area contributed by atoms with Crippen LogP contribution in [0.5, 0.6) is 5.75 Å². The van der Waals surface area contributed by atoms with Crippen LogP contribution in [-0.2, 0) is 26.2 Å². The number of nitrogens with zero attached hydrogens (tertiary/aromatic N) is 2. The summed E-state index contributed by atoms with van der Waals surface area (Å²) in [5.41, 5.74) is 1.41. The molecule has 1 aliphatic carbocycles. The summed E-state index contributed by atoms with van der Waals surface area (Å²) in [6.45, 7) is 5.71. The Labute approximate surface area is 205 Å². The van der Waals surface area contributed by atoms with Crippen LogP contribution in [0.4, 0.5) is 5.69 Å². The molecule has 2 aromatic rings. The number of benzene rings is 2. The minimum Gasteiger partial charge on any atom is -0.379 e. The number of halogens is 2. The summed E-state index contributed by atoms with van der Waals surface area (Å²) in [4.78, 5) is 16.3. The van der Waals surface area contributed by atoms with Crippen molar-refractivity contribution in [1.82, 2.24) is 4.90 Å². The van der Waals surface area contributed by atoms with E-state index in [1.807, 2.05) is 26.0 Å². The van der Waals surface area contributed by atoms with E-state index in [9.17, 15) is 13.2 Å². The highest BCUT2D eigenvalue weighted by Crippen LogP contribution is 2.34. The van der Waals surface area contributed by atoms with Crippen molar-refractivity contribution in [3.8, 4) is 5.75 Å². The van der Waals surface area contributed by atoms with Gasteiger partial charge in [-0.3, -0.25) is 4.79 Å². The number of anilines is 1. The highest BCUT2D eigenvalue weighted by molar-refractivity contribution is 7.87. The molecule has 0 unspecified atom stereocenters. The van der Waals surface area contributed by atoms with Gasteiger partial charge in [-0.1, -0.05) is 29.3 Å². The molecular weight excluding hydrogens is 487 g/mol. The first-order valence-electron chi connectivity index (χ1n) is 10.8. The second-order valence-electron chi connectivity index (χ2n) is 7.76. The van der Waals surface area contributed by atoms with Gasteiger partial charge in [0.15, 0.2) is 0 Å². The summed E-state index contributed by atoms with van der Waals surface area (Å²) in [5.74, 6) is 0.0208. The average Bonchev–Trinajstić information content (AvgIpc) is 3.61. The van der Waals surface area contributed by atoms with Crippen LogP contribution in [0.3, 0.4) is 0 Å². The lowest BCUT2D eigenvalue weighted by molar-refractivity contribution is -0.136. The molecule has 0 atom stereocenters. The Kier molecular flexibility index (Phi) is 8.50. The van der Waals surface area contributed by atoms with Gasteiger partial charge in [0.1, 0.15) is 17.3 Å². The molecule has 1 aliphatic rings. The summed E-state index contributed by atoms with van der Waals surface area (Å²) in [7, 11) is -2.72. The quantitative estimate of drug-likeness (QED) is 0.403. The van der Waals surface area contributed by atoms with Crippen LogP contribution >= 0.6 is 23.2 Å². The Morgan fingerprint density at radius 2 is 1.76 bits per heavy atom. The van der Waals surface area contributed by atoms with Crippen molar-refractivity contribution >= 4 is 44.9 Å². The molecule has 0 N–H and O–H groups in total. The van der Waals surface area contributed by atoms with Gasteiger partial charge in [-0.25, -0.2) is 0 Å². The van der Waals surface area contributed by atoms with E-state index in [4.69, 9.17) is 32.1 Å². The first-order valence-corrected chi connectivity index (χ1v) is 12.9. The van der Waals surface area contributed by atoms with E-state index in [-0.39, 0.29) is 45.8 Å². The van der Waals surface area contributed by atoms with E-state index in [2.05, 4.69) is 4.90 Å². The molecule has 0 saturated heterocycles. The number of methoxy groups -OCH3 is 1. The lowest BCUT2D eigenvalue weighted by atomic mass is 10.1. The zero-order valence-corrected chi connectivity index (χ0v) is 21.2. The van der Waals surface area contributed by atoms with Crippen LogP contribution in [-0.4, -0.2) is 52.1 Å². The predicted octanol–water partition coefficient (Wildman–Crippen LogP) is 4.74. The summed E-state index contributed by atoms with van der Waals surface area (Å²) in [6.07, 6.45) is 1.81. The standard InChI is InChI=1S/C23H28Cl2N2O5S/c1-4-26(5-2)18-7-6-16(14-27(17-8-9-17)23(28)15-31-3)22(12-18)32-33(29,30)19-10-11-20(24)21(25)13-19/h6-7,10-13,17H,4-5,8-9,14-15H2,1-3H3. The molecule has 180 valence electrons. The Hall–Kier alpha value is -2.00. The van der Waals surface area contributed by atoms with Crippen molar-refractivity contribution in [2.45, 2.75) is 44.2 Å². The average molecular weight is 515 g/mol. The molecule has 0 heterocycles. The third-order valence-electron chi connectivity index (χ3n) is 5.48. The van der Waals surface area contributed by atoms with Gasteiger partial charge in [-0.05, 0) is 51.0 Å². The molecule has 1 amide bonds. The summed E-state index contributed by atoms with van der Waals surface area (Å²) < 4.78 is 36.8. The normalized spacial score (nSPS) is 13.6. The van der Waals surface area contributed by atoms with Gasteiger partial charge in [0.05, 0.1) is 10.0 Å². The van der Waals surface area contributed by atoms with Crippen molar-refractivity contribution in [2.75, 3.05) is 31.7 Å². The smallest absolute Gasteiger partial charge is 0.339 e. The Morgan fingerprint density at radius 1 is 1.06 bits per heavy atom. The third-order valence-corrected chi connectivity index (χ3v) is 7.44. The van der Waals surface area contributed by atoms with E-state index in [1.165, 1.54) is 25.3 Å². The van der Waals surface area contributed by atoms with Crippen molar-refractivity contribution in [3.05, 3.63) is 52.0 Å².